The Morgan fingerprint density at radius 3 is 2.50 bits per heavy atom. The first-order valence-electron chi connectivity index (χ1n) is 5.56. The topological polar surface area (TPSA) is 66.4 Å². The van der Waals surface area contributed by atoms with Crippen LogP contribution in [0, 0.1) is 5.41 Å². The third-order valence-electron chi connectivity index (χ3n) is 2.57. The molecular formula is C12H18BrNO3S. The van der Waals surface area contributed by atoms with Gasteiger partial charge in [0, 0.05) is 11.0 Å². The lowest BCUT2D eigenvalue weighted by Gasteiger charge is -2.25. The summed E-state index contributed by atoms with van der Waals surface area (Å²) in [5, 5.41) is 9.81. The van der Waals surface area contributed by atoms with E-state index in [-0.39, 0.29) is 16.9 Å². The Bertz CT molecular complexity index is 508. The van der Waals surface area contributed by atoms with Gasteiger partial charge in [-0.25, -0.2) is 13.1 Å². The smallest absolute Gasteiger partial charge is 0.240 e. The van der Waals surface area contributed by atoms with Crippen molar-refractivity contribution >= 4 is 26.0 Å². The van der Waals surface area contributed by atoms with E-state index in [1.165, 1.54) is 12.1 Å². The molecule has 18 heavy (non-hydrogen) atoms. The number of hydrogen-bond donors (Lipinski definition) is 2. The maximum Gasteiger partial charge on any atom is 0.240 e. The molecule has 0 radical (unpaired) electrons. The van der Waals surface area contributed by atoms with Crippen molar-refractivity contribution in [1.82, 2.24) is 4.72 Å². The molecule has 0 aliphatic rings. The van der Waals surface area contributed by atoms with E-state index >= 15 is 0 Å². The van der Waals surface area contributed by atoms with Gasteiger partial charge in [-0.2, -0.15) is 0 Å². The molecule has 102 valence electrons. The first-order valence-corrected chi connectivity index (χ1v) is 7.84. The summed E-state index contributed by atoms with van der Waals surface area (Å²) < 4.78 is 27.1. The number of hydrogen-bond acceptors (Lipinski definition) is 3. The standard InChI is InChI=1S/C12H18BrNO3S/c1-12(2,3)11(15)8-14-18(16,17)10-6-4-5-9(13)7-10/h4-7,11,14-15H,8H2,1-3H3. The first kappa shape index (κ1) is 15.6. The Kier molecular flexibility index (Phi) is 4.94. The van der Waals surface area contributed by atoms with Gasteiger partial charge in [-0.05, 0) is 23.6 Å². The summed E-state index contributed by atoms with van der Waals surface area (Å²) in [6, 6.07) is 6.43. The molecule has 1 rings (SSSR count). The first-order chi connectivity index (χ1) is 8.13. The molecule has 1 atom stereocenters. The highest BCUT2D eigenvalue weighted by Crippen LogP contribution is 2.20. The van der Waals surface area contributed by atoms with Crippen molar-refractivity contribution in [3.8, 4) is 0 Å². The molecule has 0 saturated heterocycles. The van der Waals surface area contributed by atoms with E-state index in [4.69, 9.17) is 0 Å². The highest BCUT2D eigenvalue weighted by molar-refractivity contribution is 9.10. The molecule has 0 saturated carbocycles. The number of nitrogens with one attached hydrogen (secondary N) is 1. The highest BCUT2D eigenvalue weighted by Gasteiger charge is 2.24. The average Bonchev–Trinajstić information content (AvgIpc) is 2.24. The van der Waals surface area contributed by atoms with Crippen LogP contribution < -0.4 is 4.72 Å². The predicted molar refractivity (Wildman–Crippen MR) is 74.8 cm³/mol. The minimum absolute atomic E-state index is 0.00164. The zero-order chi connectivity index (χ0) is 14.0. The Morgan fingerprint density at radius 2 is 2.00 bits per heavy atom. The Hall–Kier alpha value is -0.430. The number of benzene rings is 1. The van der Waals surface area contributed by atoms with Gasteiger partial charge in [0.05, 0.1) is 11.0 Å². The van der Waals surface area contributed by atoms with Gasteiger partial charge in [0.1, 0.15) is 0 Å². The molecule has 4 nitrogen and oxygen atoms in total. The predicted octanol–water partition coefficient (Wildman–Crippen LogP) is 2.13. The summed E-state index contributed by atoms with van der Waals surface area (Å²) >= 11 is 3.22. The number of halogens is 1. The Labute approximate surface area is 117 Å². The van der Waals surface area contributed by atoms with Crippen LogP contribution in [-0.4, -0.2) is 26.2 Å². The Balaban J connectivity index is 2.78. The number of aliphatic hydroxyl groups is 1. The van der Waals surface area contributed by atoms with E-state index in [0.29, 0.717) is 4.47 Å². The lowest BCUT2D eigenvalue weighted by molar-refractivity contribution is 0.0677. The zero-order valence-corrected chi connectivity index (χ0v) is 13.0. The maximum atomic E-state index is 12.0. The van der Waals surface area contributed by atoms with Crippen molar-refractivity contribution in [2.75, 3.05) is 6.54 Å². The summed E-state index contributed by atoms with van der Waals surface area (Å²) in [6.07, 6.45) is -0.737. The van der Waals surface area contributed by atoms with E-state index in [0.717, 1.165) is 0 Å². The molecule has 0 aromatic heterocycles. The SMILES string of the molecule is CC(C)(C)C(O)CNS(=O)(=O)c1cccc(Br)c1. The summed E-state index contributed by atoms with van der Waals surface area (Å²) in [5.41, 5.74) is -0.361. The molecule has 0 heterocycles. The number of aliphatic hydroxyl groups excluding tert-OH is 1. The van der Waals surface area contributed by atoms with Gasteiger partial charge in [-0.15, -0.1) is 0 Å². The number of sulfonamides is 1. The highest BCUT2D eigenvalue weighted by atomic mass is 79.9. The fraction of sp³-hybridized carbons (Fsp3) is 0.500. The molecule has 0 fully saturated rings. The van der Waals surface area contributed by atoms with Crippen molar-refractivity contribution in [2.24, 2.45) is 5.41 Å². The fourth-order valence-electron chi connectivity index (χ4n) is 1.21. The van der Waals surface area contributed by atoms with Crippen molar-refractivity contribution in [1.29, 1.82) is 0 Å². The second-order valence-electron chi connectivity index (χ2n) is 5.19. The van der Waals surface area contributed by atoms with Gasteiger partial charge in [0.25, 0.3) is 0 Å². The lowest BCUT2D eigenvalue weighted by atomic mass is 9.89. The van der Waals surface area contributed by atoms with Crippen LogP contribution >= 0.6 is 15.9 Å². The van der Waals surface area contributed by atoms with E-state index in [1.807, 2.05) is 20.8 Å². The van der Waals surface area contributed by atoms with Gasteiger partial charge in [-0.3, -0.25) is 0 Å². The van der Waals surface area contributed by atoms with Crippen LogP contribution in [0.5, 0.6) is 0 Å². The molecule has 0 spiro atoms. The Morgan fingerprint density at radius 1 is 1.39 bits per heavy atom. The minimum Gasteiger partial charge on any atom is -0.391 e. The van der Waals surface area contributed by atoms with Crippen LogP contribution in [-0.2, 0) is 10.0 Å². The van der Waals surface area contributed by atoms with Crippen LogP contribution in [0.1, 0.15) is 20.8 Å². The molecule has 1 unspecified atom stereocenters. The molecule has 0 amide bonds. The van der Waals surface area contributed by atoms with Gasteiger partial charge in [-0.1, -0.05) is 42.8 Å². The minimum atomic E-state index is -3.58. The zero-order valence-electron chi connectivity index (χ0n) is 10.6. The summed E-state index contributed by atoms with van der Waals surface area (Å²) in [7, 11) is -3.58. The second-order valence-corrected chi connectivity index (χ2v) is 7.87. The molecule has 6 heteroatoms. The molecule has 0 aliphatic carbocycles. The van der Waals surface area contributed by atoms with E-state index < -0.39 is 16.1 Å². The van der Waals surface area contributed by atoms with E-state index in [1.54, 1.807) is 12.1 Å². The lowest BCUT2D eigenvalue weighted by Crippen LogP contribution is -2.39. The molecular weight excluding hydrogens is 318 g/mol. The van der Waals surface area contributed by atoms with Gasteiger partial charge >= 0.3 is 0 Å². The van der Waals surface area contributed by atoms with Gasteiger partial charge in [0.2, 0.25) is 10.0 Å². The van der Waals surface area contributed by atoms with Crippen LogP contribution in [0.2, 0.25) is 0 Å². The van der Waals surface area contributed by atoms with Crippen LogP contribution in [0.25, 0.3) is 0 Å². The summed E-state index contributed by atoms with van der Waals surface area (Å²) in [6.45, 7) is 5.56. The van der Waals surface area contributed by atoms with Crippen molar-refractivity contribution < 1.29 is 13.5 Å². The third kappa shape index (κ3) is 4.35. The quantitative estimate of drug-likeness (QED) is 0.885. The van der Waals surface area contributed by atoms with Crippen molar-refractivity contribution in [3.05, 3.63) is 28.7 Å². The third-order valence-corrected chi connectivity index (χ3v) is 4.49. The molecule has 1 aromatic rings. The van der Waals surface area contributed by atoms with Crippen molar-refractivity contribution in [2.45, 2.75) is 31.8 Å². The van der Waals surface area contributed by atoms with Gasteiger partial charge < -0.3 is 5.11 Å². The molecule has 0 bridgehead atoms. The van der Waals surface area contributed by atoms with Crippen molar-refractivity contribution in [3.63, 3.8) is 0 Å². The van der Waals surface area contributed by atoms with Crippen LogP contribution in [0.4, 0.5) is 0 Å². The van der Waals surface area contributed by atoms with E-state index in [9.17, 15) is 13.5 Å². The second kappa shape index (κ2) is 5.69. The average molecular weight is 336 g/mol. The molecule has 2 N–H and O–H groups in total. The van der Waals surface area contributed by atoms with Crippen LogP contribution in [0.3, 0.4) is 0 Å². The largest absolute Gasteiger partial charge is 0.391 e. The maximum absolute atomic E-state index is 12.0. The fourth-order valence-corrected chi connectivity index (χ4v) is 2.85. The van der Waals surface area contributed by atoms with E-state index in [2.05, 4.69) is 20.7 Å². The normalized spacial score (nSPS) is 14.5. The molecule has 0 aliphatic heterocycles. The summed E-state index contributed by atoms with van der Waals surface area (Å²) in [5.74, 6) is 0. The summed E-state index contributed by atoms with van der Waals surface area (Å²) in [4.78, 5) is 0.179. The molecule has 1 aromatic carbocycles. The van der Waals surface area contributed by atoms with Gasteiger partial charge in [0.15, 0.2) is 0 Å². The van der Waals surface area contributed by atoms with Crippen LogP contribution in [0.15, 0.2) is 33.6 Å². The number of rotatable bonds is 4. The monoisotopic (exact) mass is 335 g/mol.